The lowest BCUT2D eigenvalue weighted by atomic mass is 10.1. The van der Waals surface area contributed by atoms with Crippen molar-refractivity contribution in [3.63, 3.8) is 0 Å². The molecule has 2 heterocycles. The van der Waals surface area contributed by atoms with E-state index >= 15 is 0 Å². The van der Waals surface area contributed by atoms with Crippen LogP contribution in [0, 0.1) is 5.92 Å². The fraction of sp³-hybridized carbons (Fsp3) is 0.429. The van der Waals surface area contributed by atoms with Gasteiger partial charge in [0.25, 0.3) is 0 Å². The first kappa shape index (κ1) is 13.5. The van der Waals surface area contributed by atoms with Gasteiger partial charge in [0.2, 0.25) is 0 Å². The Morgan fingerprint density at radius 1 is 1.45 bits per heavy atom. The predicted molar refractivity (Wildman–Crippen MR) is 74.1 cm³/mol. The van der Waals surface area contributed by atoms with Gasteiger partial charge in [0.05, 0.1) is 12.3 Å². The number of alkyl halides is 1. The first-order chi connectivity index (χ1) is 9.63. The van der Waals surface area contributed by atoms with Crippen molar-refractivity contribution in [1.29, 1.82) is 0 Å². The largest absolute Gasteiger partial charge is 0.390 e. The van der Waals surface area contributed by atoms with Crippen LogP contribution in [0.3, 0.4) is 0 Å². The summed E-state index contributed by atoms with van der Waals surface area (Å²) >= 11 is 6.05. The number of nitrogens with zero attached hydrogens (tertiary/aromatic N) is 3. The summed E-state index contributed by atoms with van der Waals surface area (Å²) in [4.78, 5) is 4.03. The van der Waals surface area contributed by atoms with Gasteiger partial charge in [-0.1, -0.05) is 11.6 Å². The van der Waals surface area contributed by atoms with E-state index < -0.39 is 12.3 Å². The Morgan fingerprint density at radius 2 is 2.30 bits per heavy atom. The van der Waals surface area contributed by atoms with E-state index in [4.69, 9.17) is 11.6 Å². The van der Waals surface area contributed by atoms with E-state index in [1.54, 1.807) is 17.1 Å². The van der Waals surface area contributed by atoms with E-state index in [1.165, 1.54) is 0 Å². The topological polar surface area (TPSA) is 50.9 Å². The van der Waals surface area contributed by atoms with Crippen LogP contribution in [-0.2, 0) is 6.54 Å². The van der Waals surface area contributed by atoms with Gasteiger partial charge in [-0.3, -0.25) is 4.68 Å². The first-order valence-electron chi connectivity index (χ1n) is 6.59. The maximum absolute atomic E-state index is 13.3. The zero-order valence-corrected chi connectivity index (χ0v) is 11.5. The summed E-state index contributed by atoms with van der Waals surface area (Å²) in [5, 5.41) is 14.1. The summed E-state index contributed by atoms with van der Waals surface area (Å²) in [6.07, 6.45) is 4.18. The number of aliphatic hydroxyl groups is 1. The molecule has 4 nitrogen and oxygen atoms in total. The van der Waals surface area contributed by atoms with Gasteiger partial charge in [0.15, 0.2) is 0 Å². The lowest BCUT2D eigenvalue weighted by Crippen LogP contribution is -2.12. The molecular formula is C14H15ClFN3O. The number of aliphatic hydroxyl groups excluding tert-OH is 1. The Kier molecular flexibility index (Phi) is 3.72. The zero-order chi connectivity index (χ0) is 14.1. The molecule has 1 aliphatic rings. The third-order valence-corrected chi connectivity index (χ3v) is 4.00. The molecule has 20 heavy (non-hydrogen) atoms. The highest BCUT2D eigenvalue weighted by atomic mass is 35.5. The van der Waals surface area contributed by atoms with E-state index in [-0.39, 0.29) is 5.92 Å². The molecule has 1 aliphatic carbocycles. The molecule has 1 unspecified atom stereocenters. The number of hydrogen-bond acceptors (Lipinski definition) is 3. The van der Waals surface area contributed by atoms with Gasteiger partial charge in [0.1, 0.15) is 11.3 Å². The molecule has 0 aliphatic heterocycles. The second-order valence-corrected chi connectivity index (χ2v) is 5.57. The monoisotopic (exact) mass is 295 g/mol. The number of aromatic nitrogens is 3. The Bertz CT molecular complexity index is 594. The molecule has 6 heteroatoms. The second-order valence-electron chi connectivity index (χ2n) is 5.21. The van der Waals surface area contributed by atoms with Gasteiger partial charge in [-0.15, -0.1) is 0 Å². The van der Waals surface area contributed by atoms with Gasteiger partial charge in [-0.2, -0.15) is 5.10 Å². The third-order valence-electron chi connectivity index (χ3n) is 3.70. The Labute approximate surface area is 121 Å². The average Bonchev–Trinajstić information content (AvgIpc) is 2.98. The summed E-state index contributed by atoms with van der Waals surface area (Å²) in [5.41, 5.74) is 1.72. The molecule has 0 spiro atoms. The Balaban J connectivity index is 1.73. The molecule has 3 rings (SSSR count). The minimum Gasteiger partial charge on any atom is -0.390 e. The highest BCUT2D eigenvalue weighted by Crippen LogP contribution is 2.30. The van der Waals surface area contributed by atoms with Crippen LogP contribution in [0.4, 0.5) is 4.39 Å². The van der Waals surface area contributed by atoms with Gasteiger partial charge >= 0.3 is 0 Å². The van der Waals surface area contributed by atoms with Gasteiger partial charge in [0, 0.05) is 30.1 Å². The fourth-order valence-electron chi connectivity index (χ4n) is 2.68. The van der Waals surface area contributed by atoms with Crippen LogP contribution in [0.25, 0.3) is 11.1 Å². The van der Waals surface area contributed by atoms with Crippen LogP contribution >= 0.6 is 11.6 Å². The summed E-state index contributed by atoms with van der Waals surface area (Å²) in [6, 6.07) is 3.70. The first-order valence-corrected chi connectivity index (χ1v) is 6.97. The Hall–Kier alpha value is -1.46. The fourth-order valence-corrected chi connectivity index (χ4v) is 2.91. The van der Waals surface area contributed by atoms with Crippen molar-refractivity contribution in [1.82, 2.24) is 14.8 Å². The molecule has 3 atom stereocenters. The lowest BCUT2D eigenvalue weighted by Gasteiger charge is -2.08. The molecule has 1 fully saturated rings. The van der Waals surface area contributed by atoms with E-state index in [0.717, 1.165) is 11.1 Å². The van der Waals surface area contributed by atoms with E-state index in [1.807, 2.05) is 18.3 Å². The van der Waals surface area contributed by atoms with Crippen LogP contribution in [0.15, 0.2) is 30.7 Å². The molecule has 0 bridgehead atoms. The number of halogens is 2. The van der Waals surface area contributed by atoms with Crippen molar-refractivity contribution in [3.05, 3.63) is 35.9 Å². The quantitative estimate of drug-likeness (QED) is 0.886. The summed E-state index contributed by atoms with van der Waals surface area (Å²) in [5.74, 6) is 0.122. The third kappa shape index (κ3) is 2.69. The van der Waals surface area contributed by atoms with Crippen molar-refractivity contribution in [2.45, 2.75) is 31.7 Å². The van der Waals surface area contributed by atoms with Crippen molar-refractivity contribution in [3.8, 4) is 11.1 Å². The smallest absolute Gasteiger partial charge is 0.136 e. The normalized spacial score (nSPS) is 26.1. The maximum Gasteiger partial charge on any atom is 0.136 e. The van der Waals surface area contributed by atoms with Crippen molar-refractivity contribution in [2.75, 3.05) is 0 Å². The van der Waals surface area contributed by atoms with Crippen LogP contribution in [0.2, 0.25) is 5.15 Å². The minimum atomic E-state index is -1.11. The second kappa shape index (κ2) is 5.50. The average molecular weight is 296 g/mol. The minimum absolute atomic E-state index is 0.122. The Morgan fingerprint density at radius 3 is 3.00 bits per heavy atom. The number of pyridine rings is 1. The highest BCUT2D eigenvalue weighted by molar-refractivity contribution is 6.32. The van der Waals surface area contributed by atoms with Crippen molar-refractivity contribution in [2.24, 2.45) is 5.92 Å². The molecule has 106 valence electrons. The summed E-state index contributed by atoms with van der Waals surface area (Å²) in [7, 11) is 0. The molecule has 0 saturated heterocycles. The van der Waals surface area contributed by atoms with Crippen LogP contribution < -0.4 is 0 Å². The molecular weight excluding hydrogens is 281 g/mol. The molecule has 0 amide bonds. The predicted octanol–water partition coefficient (Wildman–Crippen LogP) is 2.71. The molecule has 2 aromatic rings. The number of hydrogen-bond donors (Lipinski definition) is 1. The van der Waals surface area contributed by atoms with Gasteiger partial charge < -0.3 is 5.11 Å². The van der Waals surface area contributed by atoms with Crippen LogP contribution in [0.1, 0.15) is 12.8 Å². The molecule has 0 aromatic carbocycles. The van der Waals surface area contributed by atoms with Crippen molar-refractivity contribution >= 4 is 11.6 Å². The van der Waals surface area contributed by atoms with Gasteiger partial charge in [-0.05, 0) is 30.9 Å². The lowest BCUT2D eigenvalue weighted by molar-refractivity contribution is 0.102. The van der Waals surface area contributed by atoms with E-state index in [9.17, 15) is 9.50 Å². The molecule has 1 saturated carbocycles. The molecule has 1 N–H and O–H groups in total. The van der Waals surface area contributed by atoms with Gasteiger partial charge in [-0.25, -0.2) is 9.37 Å². The van der Waals surface area contributed by atoms with E-state index in [0.29, 0.717) is 24.5 Å². The van der Waals surface area contributed by atoms with Crippen LogP contribution in [-0.4, -0.2) is 32.1 Å². The van der Waals surface area contributed by atoms with Crippen molar-refractivity contribution < 1.29 is 9.50 Å². The SMILES string of the molecule is O[C@@H]1CC(Cn2cc(-c3cccnc3Cl)cn2)C[C@@H]1F. The molecule has 0 radical (unpaired) electrons. The zero-order valence-electron chi connectivity index (χ0n) is 10.8. The number of rotatable bonds is 3. The molecule has 2 aromatic heterocycles. The maximum atomic E-state index is 13.3. The van der Waals surface area contributed by atoms with E-state index in [2.05, 4.69) is 10.1 Å². The standard InChI is InChI=1S/C14H15ClFN3O/c15-14-11(2-1-3-17-14)10-6-18-19(8-10)7-9-4-12(16)13(20)5-9/h1-3,6,8-9,12-13,20H,4-5,7H2/t9?,12-,13+/m0/s1. The summed E-state index contributed by atoms with van der Waals surface area (Å²) in [6.45, 7) is 0.607. The highest BCUT2D eigenvalue weighted by Gasteiger charge is 2.33. The van der Waals surface area contributed by atoms with Crippen LogP contribution in [0.5, 0.6) is 0 Å². The summed E-state index contributed by atoms with van der Waals surface area (Å²) < 4.78 is 15.1.